The van der Waals surface area contributed by atoms with Crippen LogP contribution in [-0.2, 0) is 19.1 Å². The van der Waals surface area contributed by atoms with Crippen molar-refractivity contribution < 1.29 is 27.1 Å². The fraction of sp³-hybridized carbons (Fsp3) is 0.346. The van der Waals surface area contributed by atoms with Gasteiger partial charge in [-0.25, -0.2) is 9.37 Å². The number of rotatable bonds is 4. The Kier molecular flexibility index (Phi) is 6.72. The van der Waals surface area contributed by atoms with Crippen molar-refractivity contribution in [1.82, 2.24) is 19.8 Å². The molecule has 5 rings (SSSR count). The minimum absolute atomic E-state index is 0.00100. The van der Waals surface area contributed by atoms with Crippen LogP contribution in [-0.4, -0.2) is 65.4 Å². The average molecular weight is 516 g/mol. The molecule has 1 aromatic heterocycles. The fourth-order valence-electron chi connectivity index (χ4n) is 4.39. The molecular formula is C26H25F4N5O2. The van der Waals surface area contributed by atoms with Crippen molar-refractivity contribution in [2.45, 2.75) is 19.1 Å². The number of hydrogen-bond donors (Lipinski definition) is 0. The van der Waals surface area contributed by atoms with Crippen LogP contribution in [0.3, 0.4) is 0 Å². The fourth-order valence-corrected chi connectivity index (χ4v) is 4.39. The predicted octanol–water partition coefficient (Wildman–Crippen LogP) is 4.38. The number of halogens is 4. The highest BCUT2D eigenvalue weighted by molar-refractivity contribution is 5.94. The number of para-hydroxylation sites is 1. The molecule has 0 unspecified atom stereocenters. The van der Waals surface area contributed by atoms with Gasteiger partial charge in [-0.3, -0.25) is 4.79 Å². The summed E-state index contributed by atoms with van der Waals surface area (Å²) in [5.41, 5.74) is 0.570. The zero-order chi connectivity index (χ0) is 26.2. The van der Waals surface area contributed by atoms with Crippen LogP contribution in [0.5, 0.6) is 11.6 Å². The Hall–Kier alpha value is -3.73. The van der Waals surface area contributed by atoms with Gasteiger partial charge in [0.1, 0.15) is 0 Å². The average Bonchev–Trinajstić information content (AvgIpc) is 2.89. The number of alkyl halides is 3. The van der Waals surface area contributed by atoms with Crippen LogP contribution in [0.4, 0.5) is 23.5 Å². The summed E-state index contributed by atoms with van der Waals surface area (Å²) in [5.74, 6) is -0.322. The van der Waals surface area contributed by atoms with Gasteiger partial charge in [0.25, 0.3) is 5.91 Å². The predicted molar refractivity (Wildman–Crippen MR) is 128 cm³/mol. The highest BCUT2D eigenvalue weighted by Crippen LogP contribution is 2.34. The minimum atomic E-state index is -4.48. The number of fused-ring (bicyclic) bond motifs is 1. The van der Waals surface area contributed by atoms with E-state index in [1.54, 1.807) is 12.1 Å². The number of anilines is 1. The van der Waals surface area contributed by atoms with Gasteiger partial charge >= 0.3 is 6.18 Å². The summed E-state index contributed by atoms with van der Waals surface area (Å²) in [4.78, 5) is 28.3. The number of benzene rings is 2. The molecular weight excluding hydrogens is 490 g/mol. The second-order valence-electron chi connectivity index (χ2n) is 9.13. The molecule has 2 aromatic carbocycles. The van der Waals surface area contributed by atoms with Crippen LogP contribution in [0.2, 0.25) is 0 Å². The van der Waals surface area contributed by atoms with Crippen molar-refractivity contribution in [3.05, 3.63) is 76.7 Å². The zero-order valence-electron chi connectivity index (χ0n) is 20.1. The molecule has 0 atom stereocenters. The molecule has 0 N–H and O–H groups in total. The van der Waals surface area contributed by atoms with Crippen molar-refractivity contribution in [2.75, 3.05) is 44.7 Å². The quantitative estimate of drug-likeness (QED) is 0.481. The van der Waals surface area contributed by atoms with Gasteiger partial charge in [0.05, 0.1) is 23.4 Å². The lowest BCUT2D eigenvalue weighted by Gasteiger charge is -2.34. The summed E-state index contributed by atoms with van der Waals surface area (Å²) in [6.45, 7) is 3.56. The van der Waals surface area contributed by atoms with Gasteiger partial charge in [-0.05, 0) is 43.4 Å². The largest absolute Gasteiger partial charge is 0.435 e. The molecule has 7 nitrogen and oxygen atoms in total. The summed E-state index contributed by atoms with van der Waals surface area (Å²) in [7, 11) is 2.04. The van der Waals surface area contributed by atoms with Crippen LogP contribution in [0.15, 0.2) is 48.5 Å². The summed E-state index contributed by atoms with van der Waals surface area (Å²) in [6.07, 6.45) is -4.08. The van der Waals surface area contributed by atoms with E-state index in [0.29, 0.717) is 30.2 Å². The van der Waals surface area contributed by atoms with Gasteiger partial charge in [0.15, 0.2) is 11.6 Å². The van der Waals surface area contributed by atoms with Gasteiger partial charge in [-0.15, -0.1) is 0 Å². The van der Waals surface area contributed by atoms with E-state index < -0.39 is 23.5 Å². The second-order valence-corrected chi connectivity index (χ2v) is 9.13. The molecule has 1 fully saturated rings. The minimum Gasteiger partial charge on any atom is -0.435 e. The van der Waals surface area contributed by atoms with Gasteiger partial charge in [0.2, 0.25) is 11.8 Å². The first-order valence-corrected chi connectivity index (χ1v) is 11.9. The molecule has 0 spiro atoms. The Morgan fingerprint density at radius 1 is 0.946 bits per heavy atom. The van der Waals surface area contributed by atoms with Gasteiger partial charge in [0, 0.05) is 44.7 Å². The SMILES string of the molecule is CN1CCN(c2nc3c(c(Oc4ccccc4F)n2)CN(C(=O)c2ccc(C(F)(F)F)cc2)CC3)CC1. The summed E-state index contributed by atoms with van der Waals surface area (Å²) in [5, 5.41) is 0. The molecule has 0 saturated carbocycles. The molecule has 37 heavy (non-hydrogen) atoms. The number of ether oxygens (including phenoxy) is 1. The first kappa shape index (κ1) is 24.9. The molecule has 194 valence electrons. The summed E-state index contributed by atoms with van der Waals surface area (Å²) in [6, 6.07) is 10.1. The monoisotopic (exact) mass is 515 g/mol. The lowest BCUT2D eigenvalue weighted by atomic mass is 10.0. The van der Waals surface area contributed by atoms with Gasteiger partial charge in [-0.1, -0.05) is 12.1 Å². The number of aromatic nitrogens is 2. The molecule has 2 aliphatic heterocycles. The van der Waals surface area contributed by atoms with Crippen LogP contribution >= 0.6 is 0 Å². The molecule has 2 aliphatic rings. The van der Waals surface area contributed by atoms with E-state index in [1.165, 1.54) is 29.2 Å². The third-order valence-corrected chi connectivity index (χ3v) is 6.59. The Morgan fingerprint density at radius 3 is 2.32 bits per heavy atom. The maximum atomic E-state index is 14.4. The van der Waals surface area contributed by atoms with Crippen molar-refractivity contribution in [2.24, 2.45) is 0 Å². The molecule has 0 radical (unpaired) electrons. The standard InChI is InChI=1S/C26H25F4N5O2/c1-33-12-14-34(15-13-33)25-31-21-10-11-35(24(36)17-6-8-18(9-7-17)26(28,29)30)16-19(21)23(32-25)37-22-5-3-2-4-20(22)27/h2-9H,10-16H2,1H3. The van der Waals surface area contributed by atoms with Crippen LogP contribution < -0.4 is 9.64 Å². The van der Waals surface area contributed by atoms with Crippen molar-refractivity contribution in [1.29, 1.82) is 0 Å². The third kappa shape index (κ3) is 5.36. The summed E-state index contributed by atoms with van der Waals surface area (Å²) >= 11 is 0. The topological polar surface area (TPSA) is 61.8 Å². The maximum absolute atomic E-state index is 14.4. The number of carbonyl (C=O) groups is 1. The summed E-state index contributed by atoms with van der Waals surface area (Å²) < 4.78 is 59.1. The molecule has 1 saturated heterocycles. The number of amides is 1. The van der Waals surface area contributed by atoms with Gasteiger partial charge in [-0.2, -0.15) is 18.2 Å². The molecule has 11 heteroatoms. The highest BCUT2D eigenvalue weighted by atomic mass is 19.4. The Labute approximate surface area is 211 Å². The maximum Gasteiger partial charge on any atom is 0.416 e. The van der Waals surface area contributed by atoms with Crippen molar-refractivity contribution in [3.8, 4) is 11.6 Å². The van der Waals surface area contributed by atoms with E-state index in [1.807, 2.05) is 11.9 Å². The number of nitrogens with zero attached hydrogens (tertiary/aromatic N) is 5. The van der Waals surface area contributed by atoms with Crippen molar-refractivity contribution in [3.63, 3.8) is 0 Å². The first-order chi connectivity index (χ1) is 17.7. The van der Waals surface area contributed by atoms with E-state index in [9.17, 15) is 22.4 Å². The van der Waals surface area contributed by atoms with Crippen molar-refractivity contribution >= 4 is 11.9 Å². The van der Waals surface area contributed by atoms with E-state index in [2.05, 4.69) is 9.88 Å². The van der Waals surface area contributed by atoms with Gasteiger partial charge < -0.3 is 19.4 Å². The number of likely N-dealkylation sites (N-methyl/N-ethyl adjacent to an activating group) is 1. The Balaban J connectivity index is 1.45. The number of hydrogen-bond acceptors (Lipinski definition) is 6. The highest BCUT2D eigenvalue weighted by Gasteiger charge is 2.32. The van der Waals surface area contributed by atoms with E-state index in [0.717, 1.165) is 38.3 Å². The second kappa shape index (κ2) is 9.97. The zero-order valence-corrected chi connectivity index (χ0v) is 20.1. The lowest BCUT2D eigenvalue weighted by Crippen LogP contribution is -2.45. The number of carbonyl (C=O) groups excluding carboxylic acids is 1. The van der Waals surface area contributed by atoms with Crippen LogP contribution in [0.1, 0.15) is 27.2 Å². The third-order valence-electron chi connectivity index (χ3n) is 6.59. The molecule has 3 aromatic rings. The Bertz CT molecular complexity index is 1290. The lowest BCUT2D eigenvalue weighted by molar-refractivity contribution is -0.137. The van der Waals surface area contributed by atoms with Crippen LogP contribution in [0, 0.1) is 5.82 Å². The first-order valence-electron chi connectivity index (χ1n) is 11.9. The number of piperazine rings is 1. The molecule has 3 heterocycles. The molecule has 1 amide bonds. The molecule has 0 aliphatic carbocycles. The molecule has 0 bridgehead atoms. The van der Waals surface area contributed by atoms with E-state index in [4.69, 9.17) is 9.72 Å². The van der Waals surface area contributed by atoms with E-state index >= 15 is 0 Å². The normalized spacial score (nSPS) is 16.5. The Morgan fingerprint density at radius 2 is 1.65 bits per heavy atom. The van der Waals surface area contributed by atoms with E-state index in [-0.39, 0.29) is 23.7 Å². The smallest absolute Gasteiger partial charge is 0.416 e. The van der Waals surface area contributed by atoms with Crippen LogP contribution in [0.25, 0.3) is 0 Å².